The lowest BCUT2D eigenvalue weighted by atomic mass is 9.85. The zero-order chi connectivity index (χ0) is 19.7. The minimum absolute atomic E-state index is 0.0280. The first-order valence-electron chi connectivity index (χ1n) is 10.3. The Morgan fingerprint density at radius 2 is 2.14 bits per heavy atom. The van der Waals surface area contributed by atoms with Gasteiger partial charge in [0.25, 0.3) is 0 Å². The number of rotatable bonds is 2. The SMILES string of the molecule is C=C1/C=C\C(F)=C/C[C@@H]2O[C@H](CN3CCC(C)(O)C3)C[C@@H]2c2ccccc2C1. The van der Waals surface area contributed by atoms with Crippen LogP contribution in [0, 0.1) is 0 Å². The highest BCUT2D eigenvalue weighted by molar-refractivity contribution is 5.38. The maximum atomic E-state index is 14.2. The van der Waals surface area contributed by atoms with Crippen LogP contribution in [0.3, 0.4) is 0 Å². The van der Waals surface area contributed by atoms with Crippen LogP contribution < -0.4 is 0 Å². The van der Waals surface area contributed by atoms with Crippen LogP contribution in [0.4, 0.5) is 4.39 Å². The van der Waals surface area contributed by atoms with Gasteiger partial charge in [0.2, 0.25) is 0 Å². The quantitative estimate of drug-likeness (QED) is 0.827. The molecule has 1 aliphatic carbocycles. The number of allylic oxidation sites excluding steroid dienone is 4. The number of hydrogen-bond acceptors (Lipinski definition) is 3. The summed E-state index contributed by atoms with van der Waals surface area (Å²) in [7, 11) is 0. The van der Waals surface area contributed by atoms with Crippen molar-refractivity contribution in [3.8, 4) is 0 Å². The van der Waals surface area contributed by atoms with Gasteiger partial charge in [-0.3, -0.25) is 4.90 Å². The van der Waals surface area contributed by atoms with Crippen LogP contribution in [0.15, 0.2) is 60.5 Å². The molecule has 1 unspecified atom stereocenters. The third-order valence-corrected chi connectivity index (χ3v) is 6.22. The summed E-state index contributed by atoms with van der Waals surface area (Å²) in [5.74, 6) is 0.0211. The normalized spacial score (nSPS) is 36.9. The predicted octanol–water partition coefficient (Wildman–Crippen LogP) is 4.30. The smallest absolute Gasteiger partial charge is 0.119 e. The van der Waals surface area contributed by atoms with Gasteiger partial charge in [-0.15, -0.1) is 0 Å². The third kappa shape index (κ3) is 4.45. The molecular formula is C24H30FNO2. The number of benzene rings is 1. The van der Waals surface area contributed by atoms with Crippen LogP contribution in [0.1, 0.15) is 43.2 Å². The van der Waals surface area contributed by atoms with E-state index < -0.39 is 5.60 Å². The summed E-state index contributed by atoms with van der Waals surface area (Å²) in [6, 6.07) is 8.48. The van der Waals surface area contributed by atoms with Gasteiger partial charge >= 0.3 is 0 Å². The molecule has 2 saturated heterocycles. The second-order valence-electron chi connectivity index (χ2n) is 8.81. The number of aliphatic hydroxyl groups is 1. The van der Waals surface area contributed by atoms with Crippen LogP contribution in [-0.4, -0.2) is 47.4 Å². The minimum Gasteiger partial charge on any atom is -0.389 e. The third-order valence-electron chi connectivity index (χ3n) is 6.22. The van der Waals surface area contributed by atoms with Crippen LogP contribution in [-0.2, 0) is 11.2 Å². The van der Waals surface area contributed by atoms with Gasteiger partial charge in [0.05, 0.1) is 17.8 Å². The highest BCUT2D eigenvalue weighted by Gasteiger charge is 2.39. The lowest BCUT2D eigenvalue weighted by Gasteiger charge is -2.22. The van der Waals surface area contributed by atoms with E-state index in [2.05, 4.69) is 35.7 Å². The van der Waals surface area contributed by atoms with Crippen molar-refractivity contribution in [1.82, 2.24) is 4.90 Å². The average Bonchev–Trinajstić information content (AvgIpc) is 3.20. The van der Waals surface area contributed by atoms with Gasteiger partial charge in [-0.1, -0.05) is 42.5 Å². The standard InChI is InChI=1S/C24H30FNO2/c1-17-7-8-19(25)9-10-23-22(21-6-4-3-5-18(21)13-17)14-20(28-23)15-26-12-11-24(2,27)16-26/h3-9,20,22-23,27H,1,10-16H2,2H3/b8-7-,19-9+/t20-,22+,23-,24?/m0/s1. The van der Waals surface area contributed by atoms with Crippen molar-refractivity contribution in [3.05, 3.63) is 71.6 Å². The number of hydrogen-bond donors (Lipinski definition) is 1. The molecule has 3 nitrogen and oxygen atoms in total. The van der Waals surface area contributed by atoms with Crippen molar-refractivity contribution in [3.63, 3.8) is 0 Å². The molecule has 28 heavy (non-hydrogen) atoms. The highest BCUT2D eigenvalue weighted by Crippen LogP contribution is 2.40. The van der Waals surface area contributed by atoms with Crippen molar-refractivity contribution in [2.45, 2.75) is 56.3 Å². The molecule has 1 aromatic carbocycles. The molecule has 0 spiro atoms. The molecule has 0 amide bonds. The fourth-order valence-electron chi connectivity index (χ4n) is 4.83. The first-order chi connectivity index (χ1) is 13.4. The number of nitrogens with zero attached hydrogens (tertiary/aromatic N) is 1. The number of fused-ring (bicyclic) bond motifs is 3. The highest BCUT2D eigenvalue weighted by atomic mass is 19.1. The topological polar surface area (TPSA) is 32.7 Å². The van der Waals surface area contributed by atoms with Crippen LogP contribution in [0.25, 0.3) is 0 Å². The number of β-amino-alcohol motifs (C(OH)–C–C–N with tert-alkyl or cyclic N) is 1. The van der Waals surface area contributed by atoms with Crippen molar-refractivity contribution in [2.24, 2.45) is 0 Å². The Labute approximate surface area is 167 Å². The van der Waals surface area contributed by atoms with Gasteiger partial charge in [-0.2, -0.15) is 0 Å². The van der Waals surface area contributed by atoms with E-state index in [-0.39, 0.29) is 24.0 Å². The molecule has 4 atom stereocenters. The van der Waals surface area contributed by atoms with E-state index in [4.69, 9.17) is 4.74 Å². The van der Waals surface area contributed by atoms with Crippen LogP contribution >= 0.6 is 0 Å². The maximum absolute atomic E-state index is 14.2. The second-order valence-corrected chi connectivity index (χ2v) is 8.81. The number of likely N-dealkylation sites (tertiary alicyclic amines) is 1. The Morgan fingerprint density at radius 1 is 1.32 bits per heavy atom. The minimum atomic E-state index is -0.598. The molecular weight excluding hydrogens is 353 g/mol. The van der Waals surface area contributed by atoms with Gasteiger partial charge in [0, 0.05) is 25.6 Å². The summed E-state index contributed by atoms with van der Waals surface area (Å²) < 4.78 is 20.6. The van der Waals surface area contributed by atoms with Gasteiger partial charge in [0.15, 0.2) is 0 Å². The molecule has 1 aromatic rings. The van der Waals surface area contributed by atoms with Crippen molar-refractivity contribution in [2.75, 3.05) is 19.6 Å². The Bertz CT molecular complexity index is 798. The van der Waals surface area contributed by atoms with E-state index >= 15 is 0 Å². The van der Waals surface area contributed by atoms with Gasteiger partial charge in [-0.05, 0) is 55.9 Å². The average molecular weight is 384 g/mol. The molecule has 2 aliphatic heterocycles. The lowest BCUT2D eigenvalue weighted by Crippen LogP contribution is -2.34. The molecule has 0 radical (unpaired) electrons. The Kier molecular flexibility index (Phi) is 5.55. The fraction of sp³-hybridized carbons (Fsp3) is 0.500. The first kappa shape index (κ1) is 19.6. The van der Waals surface area contributed by atoms with E-state index in [0.29, 0.717) is 13.0 Å². The van der Waals surface area contributed by atoms with Crippen LogP contribution in [0.2, 0.25) is 0 Å². The van der Waals surface area contributed by atoms with E-state index in [1.807, 2.05) is 6.92 Å². The Morgan fingerprint density at radius 3 is 2.93 bits per heavy atom. The molecule has 4 rings (SSSR count). The summed E-state index contributed by atoms with van der Waals surface area (Å²) in [5, 5.41) is 10.2. The van der Waals surface area contributed by atoms with E-state index in [1.165, 1.54) is 17.2 Å². The summed E-state index contributed by atoms with van der Waals surface area (Å²) in [6.45, 7) is 8.41. The first-order valence-corrected chi connectivity index (χ1v) is 10.3. The molecule has 2 fully saturated rings. The zero-order valence-corrected chi connectivity index (χ0v) is 16.6. The van der Waals surface area contributed by atoms with E-state index in [0.717, 1.165) is 37.9 Å². The van der Waals surface area contributed by atoms with Crippen molar-refractivity contribution in [1.29, 1.82) is 0 Å². The zero-order valence-electron chi connectivity index (χ0n) is 16.6. The molecule has 0 saturated carbocycles. The molecule has 2 heterocycles. The Hall–Kier alpha value is -1.75. The largest absolute Gasteiger partial charge is 0.389 e. The second kappa shape index (κ2) is 7.94. The van der Waals surface area contributed by atoms with Gasteiger partial charge in [-0.25, -0.2) is 4.39 Å². The summed E-state index contributed by atoms with van der Waals surface area (Å²) >= 11 is 0. The molecule has 0 bridgehead atoms. The molecule has 1 N–H and O–H groups in total. The summed E-state index contributed by atoms with van der Waals surface area (Å²) in [4.78, 5) is 2.29. The lowest BCUT2D eigenvalue weighted by molar-refractivity contribution is 0.0172. The van der Waals surface area contributed by atoms with Crippen molar-refractivity contribution >= 4 is 0 Å². The summed E-state index contributed by atoms with van der Waals surface area (Å²) in [6.07, 6.45) is 8.01. The van der Waals surface area contributed by atoms with Gasteiger partial charge < -0.3 is 9.84 Å². The predicted molar refractivity (Wildman–Crippen MR) is 110 cm³/mol. The monoisotopic (exact) mass is 383 g/mol. The maximum Gasteiger partial charge on any atom is 0.119 e. The molecule has 150 valence electrons. The number of ether oxygens (including phenoxy) is 1. The van der Waals surface area contributed by atoms with E-state index in [9.17, 15) is 9.50 Å². The number of halogens is 1. The van der Waals surface area contributed by atoms with Gasteiger partial charge in [0.1, 0.15) is 5.83 Å². The van der Waals surface area contributed by atoms with Crippen molar-refractivity contribution < 1.29 is 14.2 Å². The molecule has 0 aromatic heterocycles. The fourth-order valence-corrected chi connectivity index (χ4v) is 4.83. The van der Waals surface area contributed by atoms with E-state index in [1.54, 1.807) is 12.2 Å². The van der Waals surface area contributed by atoms with Crippen LogP contribution in [0.5, 0.6) is 0 Å². The summed E-state index contributed by atoms with van der Waals surface area (Å²) in [5.41, 5.74) is 2.86. The molecule has 4 heteroatoms. The molecule has 3 aliphatic rings. The Balaban J connectivity index is 1.57.